The van der Waals surface area contributed by atoms with Gasteiger partial charge in [0.1, 0.15) is 22.4 Å². The highest BCUT2D eigenvalue weighted by Crippen LogP contribution is 2.28. The van der Waals surface area contributed by atoms with E-state index in [0.29, 0.717) is 11.4 Å². The predicted octanol–water partition coefficient (Wildman–Crippen LogP) is 4.28. The van der Waals surface area contributed by atoms with Crippen LogP contribution in [-0.4, -0.2) is 34.1 Å². The lowest BCUT2D eigenvalue weighted by atomic mass is 10.1. The van der Waals surface area contributed by atoms with Crippen molar-refractivity contribution in [1.82, 2.24) is 4.72 Å². The Balaban J connectivity index is 1.90. The highest BCUT2D eigenvalue weighted by Gasteiger charge is 2.28. The zero-order valence-electron chi connectivity index (χ0n) is 18.2. The standard InChI is InChI=1S/C24H25ClN2O5S/c1-3-32-22-14-9-18(25)16-23(22)33(29,30)27-21(15-17-7-5-4-6-8-17)24(28)26-19-10-12-20(31-2)13-11-19/h4-14,16,21,27H,3,15H2,1-2H3,(H,26,28). The molecule has 1 unspecified atom stereocenters. The highest BCUT2D eigenvalue weighted by atomic mass is 35.5. The Morgan fingerprint density at radius 2 is 1.73 bits per heavy atom. The first kappa shape index (κ1) is 24.6. The molecule has 0 radical (unpaired) electrons. The molecule has 0 saturated carbocycles. The van der Waals surface area contributed by atoms with Crippen LogP contribution >= 0.6 is 11.6 Å². The molecule has 7 nitrogen and oxygen atoms in total. The number of hydrogen-bond acceptors (Lipinski definition) is 5. The third kappa shape index (κ3) is 6.71. The highest BCUT2D eigenvalue weighted by molar-refractivity contribution is 7.89. The number of ether oxygens (including phenoxy) is 2. The second kappa shape index (κ2) is 11.2. The van der Waals surface area contributed by atoms with Crippen molar-refractivity contribution < 1.29 is 22.7 Å². The van der Waals surface area contributed by atoms with Gasteiger partial charge in [0.15, 0.2) is 0 Å². The monoisotopic (exact) mass is 488 g/mol. The molecule has 0 saturated heterocycles. The molecule has 3 aromatic carbocycles. The molecule has 0 aliphatic rings. The maximum atomic E-state index is 13.3. The van der Waals surface area contributed by atoms with Crippen LogP contribution in [0.15, 0.2) is 77.7 Å². The van der Waals surface area contributed by atoms with Gasteiger partial charge < -0.3 is 14.8 Å². The molecular formula is C24H25ClN2O5S. The third-order valence-corrected chi connectivity index (χ3v) is 6.48. The van der Waals surface area contributed by atoms with Crippen molar-refractivity contribution in [2.45, 2.75) is 24.3 Å². The van der Waals surface area contributed by atoms with Gasteiger partial charge in [0.2, 0.25) is 15.9 Å². The van der Waals surface area contributed by atoms with Gasteiger partial charge in [-0.25, -0.2) is 8.42 Å². The molecule has 33 heavy (non-hydrogen) atoms. The Morgan fingerprint density at radius 3 is 2.36 bits per heavy atom. The molecule has 9 heteroatoms. The fourth-order valence-electron chi connectivity index (χ4n) is 3.16. The van der Waals surface area contributed by atoms with Crippen molar-refractivity contribution in [3.63, 3.8) is 0 Å². The smallest absolute Gasteiger partial charge is 0.245 e. The van der Waals surface area contributed by atoms with Gasteiger partial charge in [0.05, 0.1) is 13.7 Å². The van der Waals surface area contributed by atoms with Gasteiger partial charge in [-0.05, 0) is 61.4 Å². The average Bonchev–Trinajstić information content (AvgIpc) is 2.81. The summed E-state index contributed by atoms with van der Waals surface area (Å²) in [6, 6.07) is 19.2. The molecule has 0 aromatic heterocycles. The van der Waals surface area contributed by atoms with Crippen LogP contribution in [0, 0.1) is 0 Å². The second-order valence-electron chi connectivity index (χ2n) is 7.11. The molecule has 0 fully saturated rings. The lowest BCUT2D eigenvalue weighted by Gasteiger charge is -2.20. The van der Waals surface area contributed by atoms with Crippen molar-refractivity contribution in [3.8, 4) is 11.5 Å². The molecule has 0 heterocycles. The molecule has 0 aliphatic carbocycles. The zero-order chi connectivity index (χ0) is 23.8. The Labute approximate surface area is 198 Å². The number of carbonyl (C=O) groups excluding carboxylic acids is 1. The van der Waals surface area contributed by atoms with Gasteiger partial charge >= 0.3 is 0 Å². The number of rotatable bonds is 10. The van der Waals surface area contributed by atoms with E-state index in [9.17, 15) is 13.2 Å². The Hall–Kier alpha value is -3.07. The second-order valence-corrected chi connectivity index (χ2v) is 9.22. The number of sulfonamides is 1. The Bertz CT molecular complexity index is 1190. The van der Waals surface area contributed by atoms with Gasteiger partial charge in [0, 0.05) is 10.7 Å². The first-order valence-electron chi connectivity index (χ1n) is 10.3. The summed E-state index contributed by atoms with van der Waals surface area (Å²) in [5.74, 6) is 0.287. The minimum atomic E-state index is -4.14. The van der Waals surface area contributed by atoms with E-state index >= 15 is 0 Å². The van der Waals surface area contributed by atoms with E-state index in [-0.39, 0.29) is 28.7 Å². The summed E-state index contributed by atoms with van der Waals surface area (Å²) in [6.45, 7) is 2.02. The van der Waals surface area contributed by atoms with Gasteiger partial charge in [-0.2, -0.15) is 4.72 Å². The molecule has 3 aromatic rings. The summed E-state index contributed by atoms with van der Waals surface area (Å²) in [5.41, 5.74) is 1.31. The van der Waals surface area contributed by atoms with Gasteiger partial charge in [-0.15, -0.1) is 0 Å². The van der Waals surface area contributed by atoms with Crippen LogP contribution < -0.4 is 19.5 Å². The minimum absolute atomic E-state index is 0.132. The van der Waals surface area contributed by atoms with Crippen LogP contribution in [0.4, 0.5) is 5.69 Å². The molecular weight excluding hydrogens is 464 g/mol. The zero-order valence-corrected chi connectivity index (χ0v) is 19.8. The first-order chi connectivity index (χ1) is 15.8. The maximum absolute atomic E-state index is 13.3. The summed E-state index contributed by atoms with van der Waals surface area (Å²) < 4.78 is 39.7. The van der Waals surface area contributed by atoms with E-state index in [1.165, 1.54) is 12.1 Å². The molecule has 3 rings (SSSR count). The lowest BCUT2D eigenvalue weighted by molar-refractivity contribution is -0.117. The van der Waals surface area contributed by atoms with E-state index in [1.807, 2.05) is 30.3 Å². The van der Waals surface area contributed by atoms with E-state index in [4.69, 9.17) is 21.1 Å². The van der Waals surface area contributed by atoms with Crippen LogP contribution in [0.2, 0.25) is 5.02 Å². The SMILES string of the molecule is CCOc1ccc(Cl)cc1S(=O)(=O)NC(Cc1ccccc1)C(=O)Nc1ccc(OC)cc1. The van der Waals surface area contributed by atoms with Crippen molar-refractivity contribution >= 4 is 33.2 Å². The molecule has 2 N–H and O–H groups in total. The largest absolute Gasteiger partial charge is 0.497 e. The van der Waals surface area contributed by atoms with E-state index in [0.717, 1.165) is 5.56 Å². The first-order valence-corrected chi connectivity index (χ1v) is 12.1. The Morgan fingerprint density at radius 1 is 1.03 bits per heavy atom. The van der Waals surface area contributed by atoms with Gasteiger partial charge in [-0.1, -0.05) is 41.9 Å². The van der Waals surface area contributed by atoms with Crippen LogP contribution in [0.1, 0.15) is 12.5 Å². The third-order valence-electron chi connectivity index (χ3n) is 4.75. The quantitative estimate of drug-likeness (QED) is 0.444. The molecule has 0 bridgehead atoms. The summed E-state index contributed by atoms with van der Waals surface area (Å²) >= 11 is 6.05. The number of halogens is 1. The fourth-order valence-corrected chi connectivity index (χ4v) is 4.76. The normalized spacial score (nSPS) is 12.1. The maximum Gasteiger partial charge on any atom is 0.245 e. The number of amides is 1. The number of nitrogens with one attached hydrogen (secondary N) is 2. The van der Waals surface area contributed by atoms with Gasteiger partial charge in [0.25, 0.3) is 0 Å². The number of methoxy groups -OCH3 is 1. The van der Waals surface area contributed by atoms with Crippen LogP contribution in [0.5, 0.6) is 11.5 Å². The molecule has 174 valence electrons. The average molecular weight is 489 g/mol. The van der Waals surface area contributed by atoms with Gasteiger partial charge in [-0.3, -0.25) is 4.79 Å². The topological polar surface area (TPSA) is 93.7 Å². The summed E-state index contributed by atoms with van der Waals surface area (Å²) in [5, 5.41) is 3.00. The number of benzene rings is 3. The van der Waals surface area contributed by atoms with E-state index in [1.54, 1.807) is 44.4 Å². The van der Waals surface area contributed by atoms with E-state index < -0.39 is 22.0 Å². The van der Waals surface area contributed by atoms with Crippen molar-refractivity contribution in [1.29, 1.82) is 0 Å². The number of hydrogen-bond donors (Lipinski definition) is 2. The summed E-state index contributed by atoms with van der Waals surface area (Å²) in [4.78, 5) is 13.0. The number of carbonyl (C=O) groups is 1. The molecule has 0 aliphatic heterocycles. The molecule has 1 amide bonds. The summed E-state index contributed by atoms with van der Waals surface area (Å²) in [7, 11) is -2.60. The van der Waals surface area contributed by atoms with E-state index in [2.05, 4.69) is 10.0 Å². The molecule has 0 spiro atoms. The fraction of sp³-hybridized carbons (Fsp3) is 0.208. The molecule has 1 atom stereocenters. The Kier molecular flexibility index (Phi) is 8.32. The van der Waals surface area contributed by atoms with Crippen LogP contribution in [0.25, 0.3) is 0 Å². The van der Waals surface area contributed by atoms with Crippen molar-refractivity contribution in [2.24, 2.45) is 0 Å². The van der Waals surface area contributed by atoms with Crippen molar-refractivity contribution in [3.05, 3.63) is 83.4 Å². The van der Waals surface area contributed by atoms with Crippen LogP contribution in [-0.2, 0) is 21.2 Å². The number of anilines is 1. The minimum Gasteiger partial charge on any atom is -0.497 e. The predicted molar refractivity (Wildman–Crippen MR) is 129 cm³/mol. The van der Waals surface area contributed by atoms with Crippen LogP contribution in [0.3, 0.4) is 0 Å². The lowest BCUT2D eigenvalue weighted by Crippen LogP contribution is -2.45. The summed E-state index contributed by atoms with van der Waals surface area (Å²) in [6.07, 6.45) is 0.145. The van der Waals surface area contributed by atoms with Crippen molar-refractivity contribution in [2.75, 3.05) is 19.0 Å².